The van der Waals surface area contributed by atoms with Gasteiger partial charge in [-0.15, -0.1) is 0 Å². The summed E-state index contributed by atoms with van der Waals surface area (Å²) in [6.07, 6.45) is 5.72. The van der Waals surface area contributed by atoms with Crippen molar-refractivity contribution in [1.29, 1.82) is 0 Å². The van der Waals surface area contributed by atoms with Gasteiger partial charge in [-0.1, -0.05) is 13.3 Å². The number of carbonyl (C=O) groups excluding carboxylic acids is 1. The highest BCUT2D eigenvalue weighted by atomic mass is 16.5. The van der Waals surface area contributed by atoms with Crippen molar-refractivity contribution in [3.05, 3.63) is 60.2 Å². The Morgan fingerprint density at radius 1 is 1.06 bits per heavy atom. The summed E-state index contributed by atoms with van der Waals surface area (Å²) >= 11 is 0. The molecule has 162 valence electrons. The molecule has 8 nitrogen and oxygen atoms in total. The molecule has 3 heterocycles. The molecule has 4 rings (SSSR count). The third-order valence-corrected chi connectivity index (χ3v) is 5.31. The Balaban J connectivity index is 1.37. The zero-order chi connectivity index (χ0) is 21.6. The number of unbranched alkanes of at least 4 members (excludes halogenated alkanes) is 1. The minimum Gasteiger partial charge on any atom is -0.494 e. The van der Waals surface area contributed by atoms with Crippen LogP contribution >= 0.6 is 0 Å². The zero-order valence-electron chi connectivity index (χ0n) is 18.1. The number of rotatable bonds is 7. The number of anilines is 1. The van der Waals surface area contributed by atoms with Crippen LogP contribution in [0.3, 0.4) is 0 Å². The van der Waals surface area contributed by atoms with Gasteiger partial charge in [0.15, 0.2) is 5.82 Å². The second-order valence-corrected chi connectivity index (χ2v) is 7.59. The zero-order valence-corrected chi connectivity index (χ0v) is 18.1. The van der Waals surface area contributed by atoms with E-state index in [1.54, 1.807) is 10.9 Å². The monoisotopic (exact) mass is 420 g/mol. The third kappa shape index (κ3) is 5.02. The Morgan fingerprint density at radius 3 is 2.48 bits per heavy atom. The number of ether oxygens (including phenoxy) is 1. The van der Waals surface area contributed by atoms with Gasteiger partial charge < -0.3 is 14.5 Å². The third-order valence-electron chi connectivity index (χ3n) is 5.31. The molecule has 1 aliphatic heterocycles. The Bertz CT molecular complexity index is 995. The van der Waals surface area contributed by atoms with Crippen LogP contribution in [0.25, 0.3) is 5.82 Å². The first-order chi connectivity index (χ1) is 15.1. The molecule has 0 aliphatic carbocycles. The molecule has 1 saturated heterocycles. The molecule has 1 amide bonds. The van der Waals surface area contributed by atoms with Crippen LogP contribution in [0.4, 0.5) is 5.82 Å². The van der Waals surface area contributed by atoms with Crippen molar-refractivity contribution in [3.63, 3.8) is 0 Å². The van der Waals surface area contributed by atoms with Crippen LogP contribution < -0.4 is 9.64 Å². The van der Waals surface area contributed by atoms with Gasteiger partial charge in [0.1, 0.15) is 17.4 Å². The van der Waals surface area contributed by atoms with Gasteiger partial charge in [-0.25, -0.2) is 14.6 Å². The summed E-state index contributed by atoms with van der Waals surface area (Å²) in [5, 5.41) is 4.26. The predicted octanol–water partition coefficient (Wildman–Crippen LogP) is 3.11. The van der Waals surface area contributed by atoms with E-state index >= 15 is 0 Å². The number of nitrogens with zero attached hydrogens (tertiary/aromatic N) is 6. The molecular weight excluding hydrogens is 392 g/mol. The van der Waals surface area contributed by atoms with Gasteiger partial charge >= 0.3 is 0 Å². The van der Waals surface area contributed by atoms with E-state index in [1.807, 2.05) is 54.4 Å². The van der Waals surface area contributed by atoms with Crippen molar-refractivity contribution in [3.8, 4) is 11.6 Å². The molecule has 1 aromatic carbocycles. The van der Waals surface area contributed by atoms with Crippen LogP contribution in [0.5, 0.6) is 5.75 Å². The molecule has 0 saturated carbocycles. The van der Waals surface area contributed by atoms with Crippen LogP contribution in [0, 0.1) is 6.92 Å². The van der Waals surface area contributed by atoms with Crippen LogP contribution in [0.1, 0.15) is 35.9 Å². The van der Waals surface area contributed by atoms with E-state index < -0.39 is 0 Å². The quantitative estimate of drug-likeness (QED) is 0.547. The van der Waals surface area contributed by atoms with E-state index in [0.717, 1.165) is 43.3 Å². The van der Waals surface area contributed by atoms with Crippen molar-refractivity contribution in [2.45, 2.75) is 26.7 Å². The van der Waals surface area contributed by atoms with Crippen molar-refractivity contribution < 1.29 is 9.53 Å². The number of aryl methyl sites for hydroxylation is 1. The lowest BCUT2D eigenvalue weighted by Crippen LogP contribution is -2.49. The largest absolute Gasteiger partial charge is 0.494 e. The number of aromatic nitrogens is 4. The van der Waals surface area contributed by atoms with Crippen LogP contribution in [0.15, 0.2) is 48.8 Å². The first kappa shape index (κ1) is 20.8. The lowest BCUT2D eigenvalue weighted by Gasteiger charge is -2.35. The smallest absolute Gasteiger partial charge is 0.253 e. The molecule has 0 radical (unpaired) electrons. The minimum absolute atomic E-state index is 0.0517. The SMILES string of the molecule is CCCCOc1ccc(C(=O)N2CCN(c3cc(-n4cccn4)nc(C)n3)CC2)cc1. The van der Waals surface area contributed by atoms with E-state index in [2.05, 4.69) is 26.9 Å². The average molecular weight is 421 g/mol. The Kier molecular flexibility index (Phi) is 6.45. The van der Waals surface area contributed by atoms with Gasteiger partial charge in [0, 0.05) is 50.2 Å². The molecule has 8 heteroatoms. The van der Waals surface area contributed by atoms with E-state index in [1.165, 1.54) is 0 Å². The summed E-state index contributed by atoms with van der Waals surface area (Å²) in [6, 6.07) is 11.2. The first-order valence-electron chi connectivity index (χ1n) is 10.8. The number of amides is 1. The molecule has 1 fully saturated rings. The lowest BCUT2D eigenvalue weighted by molar-refractivity contribution is 0.0746. The molecule has 31 heavy (non-hydrogen) atoms. The molecular formula is C23H28N6O2. The second kappa shape index (κ2) is 9.59. The fourth-order valence-electron chi connectivity index (χ4n) is 3.57. The van der Waals surface area contributed by atoms with Gasteiger partial charge in [0.05, 0.1) is 6.61 Å². The topological polar surface area (TPSA) is 76.4 Å². The summed E-state index contributed by atoms with van der Waals surface area (Å²) < 4.78 is 7.42. The predicted molar refractivity (Wildman–Crippen MR) is 119 cm³/mol. The fraction of sp³-hybridized carbons (Fsp3) is 0.391. The van der Waals surface area contributed by atoms with Gasteiger partial charge in [-0.05, 0) is 43.7 Å². The summed E-state index contributed by atoms with van der Waals surface area (Å²) in [4.78, 5) is 26.1. The average Bonchev–Trinajstić information content (AvgIpc) is 3.34. The number of hydrogen-bond acceptors (Lipinski definition) is 6. The molecule has 2 aromatic heterocycles. The summed E-state index contributed by atoms with van der Waals surface area (Å²) in [5.41, 5.74) is 0.690. The van der Waals surface area contributed by atoms with Crippen molar-refractivity contribution in [2.24, 2.45) is 0 Å². The maximum absolute atomic E-state index is 12.9. The number of benzene rings is 1. The maximum Gasteiger partial charge on any atom is 0.253 e. The molecule has 3 aromatic rings. The summed E-state index contributed by atoms with van der Waals surface area (Å²) in [5.74, 6) is 3.16. The van der Waals surface area contributed by atoms with Gasteiger partial charge in [0.25, 0.3) is 5.91 Å². The highest BCUT2D eigenvalue weighted by Gasteiger charge is 2.23. The standard InChI is InChI=1S/C23H28N6O2/c1-3-4-16-31-20-8-6-19(7-9-20)23(30)28-14-12-27(13-15-28)21-17-22(26-18(2)25-21)29-11-5-10-24-29/h5-11,17H,3-4,12-16H2,1-2H3. The van der Waals surface area contributed by atoms with Crippen molar-refractivity contribution in [1.82, 2.24) is 24.6 Å². The van der Waals surface area contributed by atoms with Gasteiger partial charge in [0.2, 0.25) is 0 Å². The molecule has 0 atom stereocenters. The maximum atomic E-state index is 12.9. The molecule has 1 aliphatic rings. The molecule has 0 spiro atoms. The van der Waals surface area contributed by atoms with Crippen LogP contribution in [-0.4, -0.2) is 63.3 Å². The number of hydrogen-bond donors (Lipinski definition) is 0. The summed E-state index contributed by atoms with van der Waals surface area (Å²) in [6.45, 7) is 7.46. The van der Waals surface area contributed by atoms with Crippen molar-refractivity contribution in [2.75, 3.05) is 37.7 Å². The van der Waals surface area contributed by atoms with Gasteiger partial charge in [-0.3, -0.25) is 4.79 Å². The number of piperazine rings is 1. The van der Waals surface area contributed by atoms with E-state index in [9.17, 15) is 4.79 Å². The number of carbonyl (C=O) groups is 1. The fourth-order valence-corrected chi connectivity index (χ4v) is 3.57. The lowest BCUT2D eigenvalue weighted by atomic mass is 10.1. The highest BCUT2D eigenvalue weighted by Crippen LogP contribution is 2.19. The minimum atomic E-state index is 0.0517. The summed E-state index contributed by atoms with van der Waals surface area (Å²) in [7, 11) is 0. The molecule has 0 bridgehead atoms. The normalized spacial score (nSPS) is 14.0. The first-order valence-corrected chi connectivity index (χ1v) is 10.8. The Hall–Kier alpha value is -3.42. The Morgan fingerprint density at radius 2 is 1.81 bits per heavy atom. The Labute approximate surface area is 182 Å². The van der Waals surface area contributed by atoms with E-state index in [-0.39, 0.29) is 5.91 Å². The van der Waals surface area contributed by atoms with E-state index in [4.69, 9.17) is 4.74 Å². The molecule has 0 N–H and O–H groups in total. The van der Waals surface area contributed by atoms with Crippen LogP contribution in [-0.2, 0) is 0 Å². The van der Waals surface area contributed by atoms with Crippen molar-refractivity contribution >= 4 is 11.7 Å². The van der Waals surface area contributed by atoms with E-state index in [0.29, 0.717) is 31.1 Å². The molecule has 0 unspecified atom stereocenters. The highest BCUT2D eigenvalue weighted by molar-refractivity contribution is 5.94. The van der Waals surface area contributed by atoms with Gasteiger partial charge in [-0.2, -0.15) is 5.10 Å². The van der Waals surface area contributed by atoms with Crippen LogP contribution in [0.2, 0.25) is 0 Å². The second-order valence-electron chi connectivity index (χ2n) is 7.59.